The first-order valence-electron chi connectivity index (χ1n) is 9.81. The van der Waals surface area contributed by atoms with E-state index in [0.29, 0.717) is 27.8 Å². The summed E-state index contributed by atoms with van der Waals surface area (Å²) in [5.41, 5.74) is 2.75. The van der Waals surface area contributed by atoms with Crippen molar-refractivity contribution in [3.05, 3.63) is 81.5 Å². The van der Waals surface area contributed by atoms with Gasteiger partial charge < -0.3 is 15.3 Å². The van der Waals surface area contributed by atoms with Gasteiger partial charge in [-0.2, -0.15) is 0 Å². The lowest BCUT2D eigenvalue weighted by molar-refractivity contribution is 0.0696. The molecule has 2 aromatic carbocycles. The molecule has 8 heteroatoms. The van der Waals surface area contributed by atoms with Crippen LogP contribution < -0.4 is 10.2 Å². The maximum atomic E-state index is 12.8. The topological polar surface area (TPSA) is 82.5 Å². The van der Waals surface area contributed by atoms with Gasteiger partial charge in [0.2, 0.25) is 0 Å². The highest BCUT2D eigenvalue weighted by atomic mass is 35.5. The lowest BCUT2D eigenvalue weighted by atomic mass is 9.87. The van der Waals surface area contributed by atoms with Crippen LogP contribution in [0.2, 0.25) is 10.0 Å². The van der Waals surface area contributed by atoms with E-state index in [1.807, 2.05) is 24.3 Å². The molecular formula is C24H23Cl2N3O3. The highest BCUT2D eigenvalue weighted by Crippen LogP contribution is 2.34. The van der Waals surface area contributed by atoms with Crippen LogP contribution in [0, 0.1) is 0 Å². The number of pyridine rings is 1. The number of rotatable bonds is 5. The Hall–Kier alpha value is -3.09. The molecule has 0 spiro atoms. The smallest absolute Gasteiger partial charge is 0.337 e. The number of carboxylic acid groups (broad SMARTS) is 1. The van der Waals surface area contributed by atoms with Crippen molar-refractivity contribution in [3.63, 3.8) is 0 Å². The summed E-state index contributed by atoms with van der Waals surface area (Å²) in [6.07, 6.45) is 1.21. The van der Waals surface area contributed by atoms with Crippen molar-refractivity contribution in [2.45, 2.75) is 26.2 Å². The summed E-state index contributed by atoms with van der Waals surface area (Å²) in [5, 5.41) is 12.5. The zero-order valence-electron chi connectivity index (χ0n) is 18.1. The Labute approximate surface area is 196 Å². The number of carbonyl (C=O) groups is 2. The summed E-state index contributed by atoms with van der Waals surface area (Å²) in [5.74, 6) is -1.10. The Bertz CT molecular complexity index is 1170. The summed E-state index contributed by atoms with van der Waals surface area (Å²) in [7, 11) is 1.68. The van der Waals surface area contributed by atoms with Crippen LogP contribution in [0.4, 0.5) is 17.2 Å². The van der Waals surface area contributed by atoms with Crippen LogP contribution in [-0.2, 0) is 5.41 Å². The van der Waals surface area contributed by atoms with Gasteiger partial charge in [0.15, 0.2) is 5.82 Å². The first kappa shape index (κ1) is 23.6. The minimum absolute atomic E-state index is 0.0240. The Morgan fingerprint density at radius 2 is 1.62 bits per heavy atom. The predicted octanol–water partition coefficient (Wildman–Crippen LogP) is 6.40. The number of aromatic carboxylic acids is 1. The molecule has 3 rings (SSSR count). The number of benzene rings is 2. The zero-order valence-corrected chi connectivity index (χ0v) is 19.6. The number of halogens is 2. The maximum absolute atomic E-state index is 12.8. The average molecular weight is 472 g/mol. The highest BCUT2D eigenvalue weighted by Gasteiger charge is 2.18. The fourth-order valence-electron chi connectivity index (χ4n) is 3.08. The van der Waals surface area contributed by atoms with E-state index in [2.05, 4.69) is 31.1 Å². The molecule has 3 aromatic rings. The van der Waals surface area contributed by atoms with Crippen molar-refractivity contribution < 1.29 is 14.7 Å². The summed E-state index contributed by atoms with van der Waals surface area (Å²) >= 11 is 12.6. The lowest BCUT2D eigenvalue weighted by Gasteiger charge is -2.21. The van der Waals surface area contributed by atoms with Gasteiger partial charge in [-0.05, 0) is 47.4 Å². The van der Waals surface area contributed by atoms with Gasteiger partial charge in [-0.3, -0.25) is 4.79 Å². The molecule has 6 nitrogen and oxygen atoms in total. The molecule has 0 aliphatic carbocycles. The van der Waals surface area contributed by atoms with Crippen molar-refractivity contribution in [1.82, 2.24) is 4.98 Å². The molecule has 0 unspecified atom stereocenters. The Kier molecular flexibility index (Phi) is 6.77. The molecule has 0 aliphatic heterocycles. The van der Waals surface area contributed by atoms with E-state index in [0.717, 1.165) is 0 Å². The van der Waals surface area contributed by atoms with E-state index in [9.17, 15) is 9.59 Å². The number of anilines is 3. The fourth-order valence-corrected chi connectivity index (χ4v) is 3.61. The number of amides is 1. The molecule has 0 saturated carbocycles. The summed E-state index contributed by atoms with van der Waals surface area (Å²) < 4.78 is 0. The second-order valence-corrected chi connectivity index (χ2v) is 9.16. The molecular weight excluding hydrogens is 449 g/mol. The number of aromatic nitrogens is 1. The number of carboxylic acids is 1. The third-order valence-corrected chi connectivity index (χ3v) is 5.56. The molecule has 1 amide bonds. The van der Waals surface area contributed by atoms with E-state index < -0.39 is 5.97 Å². The fraction of sp³-hybridized carbons (Fsp3) is 0.208. The van der Waals surface area contributed by atoms with Crippen molar-refractivity contribution in [2.24, 2.45) is 0 Å². The van der Waals surface area contributed by atoms with Crippen molar-refractivity contribution >= 4 is 52.3 Å². The van der Waals surface area contributed by atoms with Crippen molar-refractivity contribution in [3.8, 4) is 0 Å². The van der Waals surface area contributed by atoms with Crippen LogP contribution >= 0.6 is 23.2 Å². The molecule has 166 valence electrons. The van der Waals surface area contributed by atoms with E-state index in [-0.39, 0.29) is 21.9 Å². The molecule has 32 heavy (non-hydrogen) atoms. The quantitative estimate of drug-likeness (QED) is 0.449. The third kappa shape index (κ3) is 5.21. The van der Waals surface area contributed by atoms with Gasteiger partial charge in [0.1, 0.15) is 0 Å². The summed E-state index contributed by atoms with van der Waals surface area (Å²) in [4.78, 5) is 29.7. The van der Waals surface area contributed by atoms with Crippen LogP contribution in [0.25, 0.3) is 0 Å². The van der Waals surface area contributed by atoms with Gasteiger partial charge in [0, 0.05) is 24.5 Å². The Morgan fingerprint density at radius 3 is 2.19 bits per heavy atom. The minimum Gasteiger partial charge on any atom is -0.478 e. The average Bonchev–Trinajstić information content (AvgIpc) is 2.73. The van der Waals surface area contributed by atoms with Crippen LogP contribution in [-0.4, -0.2) is 29.0 Å². The predicted molar refractivity (Wildman–Crippen MR) is 129 cm³/mol. The normalized spacial score (nSPS) is 11.2. The molecule has 0 aliphatic rings. The maximum Gasteiger partial charge on any atom is 0.337 e. The lowest BCUT2D eigenvalue weighted by Crippen LogP contribution is -2.16. The number of nitrogens with one attached hydrogen (secondary N) is 1. The molecule has 1 heterocycles. The molecule has 1 aromatic heterocycles. The second kappa shape index (κ2) is 9.18. The van der Waals surface area contributed by atoms with Gasteiger partial charge in [0.25, 0.3) is 5.91 Å². The molecule has 0 atom stereocenters. The van der Waals surface area contributed by atoms with Crippen LogP contribution in [0.15, 0.2) is 54.7 Å². The van der Waals surface area contributed by atoms with Crippen LogP contribution in [0.3, 0.4) is 0 Å². The van der Waals surface area contributed by atoms with E-state index >= 15 is 0 Å². The van der Waals surface area contributed by atoms with Gasteiger partial charge >= 0.3 is 5.97 Å². The zero-order chi connectivity index (χ0) is 23.6. The van der Waals surface area contributed by atoms with E-state index in [1.165, 1.54) is 17.8 Å². The minimum atomic E-state index is -1.12. The number of hydrogen-bond acceptors (Lipinski definition) is 4. The van der Waals surface area contributed by atoms with Crippen molar-refractivity contribution in [1.29, 1.82) is 0 Å². The van der Waals surface area contributed by atoms with Gasteiger partial charge in [-0.15, -0.1) is 0 Å². The Morgan fingerprint density at radius 1 is 0.969 bits per heavy atom. The SMILES string of the molecule is CN(c1cc(C(=O)Nc2ccc(C(C)(C)C)cc2)ccc1Cl)c1ncc(C(=O)O)cc1Cl. The van der Waals surface area contributed by atoms with Crippen molar-refractivity contribution in [2.75, 3.05) is 17.3 Å². The Balaban J connectivity index is 1.85. The van der Waals surface area contributed by atoms with Crippen LogP contribution in [0.5, 0.6) is 0 Å². The highest BCUT2D eigenvalue weighted by molar-refractivity contribution is 6.35. The number of carbonyl (C=O) groups excluding carboxylic acids is 1. The largest absolute Gasteiger partial charge is 0.478 e. The monoisotopic (exact) mass is 471 g/mol. The van der Waals surface area contributed by atoms with Crippen LogP contribution in [0.1, 0.15) is 47.1 Å². The molecule has 0 radical (unpaired) electrons. The van der Waals surface area contributed by atoms with Gasteiger partial charge in [-0.1, -0.05) is 56.1 Å². The molecule has 0 bridgehead atoms. The van der Waals surface area contributed by atoms with E-state index in [4.69, 9.17) is 28.3 Å². The molecule has 0 saturated heterocycles. The summed E-state index contributed by atoms with van der Waals surface area (Å²) in [6, 6.07) is 13.9. The standard InChI is InChI=1S/C24H23Cl2N3O3/c1-24(2,3)16-6-8-17(9-7-16)28-22(30)14-5-10-18(25)20(12-14)29(4)21-19(26)11-15(13-27-21)23(31)32/h5-13H,1-4H3,(H,28,30)(H,31,32). The molecule has 2 N–H and O–H groups in total. The first-order valence-corrected chi connectivity index (χ1v) is 10.6. The third-order valence-electron chi connectivity index (χ3n) is 4.96. The van der Waals surface area contributed by atoms with Gasteiger partial charge in [0.05, 0.1) is 21.3 Å². The van der Waals surface area contributed by atoms with Gasteiger partial charge in [-0.25, -0.2) is 9.78 Å². The first-order chi connectivity index (χ1) is 15.0. The number of nitrogens with zero attached hydrogens (tertiary/aromatic N) is 2. The summed E-state index contributed by atoms with van der Waals surface area (Å²) in [6.45, 7) is 6.38. The van der Waals surface area contributed by atoms with E-state index in [1.54, 1.807) is 30.1 Å². The number of hydrogen-bond donors (Lipinski definition) is 2. The second-order valence-electron chi connectivity index (χ2n) is 8.34. The molecule has 0 fully saturated rings.